The summed E-state index contributed by atoms with van der Waals surface area (Å²) < 4.78 is 11.2. The monoisotopic (exact) mass is 320 g/mol. The van der Waals surface area contributed by atoms with Gasteiger partial charge >= 0.3 is 5.97 Å². The van der Waals surface area contributed by atoms with Crippen LogP contribution in [-0.2, 0) is 11.2 Å². The molecule has 0 amide bonds. The van der Waals surface area contributed by atoms with Gasteiger partial charge in [0.25, 0.3) is 0 Å². The Kier molecular flexibility index (Phi) is 7.14. The highest BCUT2D eigenvalue weighted by Crippen LogP contribution is 2.38. The summed E-state index contributed by atoms with van der Waals surface area (Å²) in [5, 5.41) is 8.69. The second-order valence-corrected chi connectivity index (χ2v) is 5.90. The molecule has 23 heavy (non-hydrogen) atoms. The summed E-state index contributed by atoms with van der Waals surface area (Å²) in [5.41, 5.74) is 5.70. The normalized spacial score (nSPS) is 11.5. The summed E-state index contributed by atoms with van der Waals surface area (Å²) in [6.07, 6.45) is 4.49. The zero-order valence-electron chi connectivity index (χ0n) is 15.1. The van der Waals surface area contributed by atoms with Crippen LogP contribution in [0.3, 0.4) is 0 Å². The van der Waals surface area contributed by atoms with Crippen LogP contribution in [0.4, 0.5) is 0 Å². The Balaban J connectivity index is 3.00. The first-order chi connectivity index (χ1) is 10.8. The van der Waals surface area contributed by atoms with Crippen molar-refractivity contribution >= 4 is 5.97 Å². The van der Waals surface area contributed by atoms with E-state index in [2.05, 4.69) is 13.8 Å². The summed E-state index contributed by atoms with van der Waals surface area (Å²) in [5.74, 6) is 1.09. The molecular formula is C19H28O4. The number of hydrogen-bond donors (Lipinski definition) is 1. The molecule has 0 aromatic heterocycles. The number of ether oxygens (including phenoxy) is 2. The summed E-state index contributed by atoms with van der Waals surface area (Å²) in [7, 11) is 3.40. The van der Waals surface area contributed by atoms with Gasteiger partial charge in [-0.15, -0.1) is 0 Å². The highest BCUT2D eigenvalue weighted by atomic mass is 16.5. The molecule has 0 fully saturated rings. The maximum Gasteiger partial charge on any atom is 0.303 e. The van der Waals surface area contributed by atoms with Crippen LogP contribution in [0.25, 0.3) is 0 Å². The molecule has 0 saturated heterocycles. The van der Waals surface area contributed by atoms with Crippen LogP contribution < -0.4 is 9.47 Å². The Morgan fingerprint density at radius 2 is 1.57 bits per heavy atom. The first-order valence-corrected chi connectivity index (χ1v) is 7.91. The van der Waals surface area contributed by atoms with Gasteiger partial charge in [-0.3, -0.25) is 4.79 Å². The molecule has 0 aliphatic rings. The van der Waals surface area contributed by atoms with Crippen molar-refractivity contribution in [1.82, 2.24) is 0 Å². The third kappa shape index (κ3) is 4.75. The molecule has 0 aliphatic heterocycles. The highest BCUT2D eigenvalue weighted by molar-refractivity contribution is 5.66. The number of benzene rings is 1. The van der Waals surface area contributed by atoms with E-state index in [9.17, 15) is 4.79 Å². The molecule has 0 atom stereocenters. The van der Waals surface area contributed by atoms with Crippen molar-refractivity contribution in [2.45, 2.75) is 53.4 Å². The summed E-state index contributed by atoms with van der Waals surface area (Å²) in [6, 6.07) is 0. The predicted molar refractivity (Wildman–Crippen MR) is 92.7 cm³/mol. The smallest absolute Gasteiger partial charge is 0.303 e. The Hall–Kier alpha value is -1.97. The van der Waals surface area contributed by atoms with Gasteiger partial charge in [0.1, 0.15) is 11.5 Å². The van der Waals surface area contributed by atoms with E-state index in [1.54, 1.807) is 14.2 Å². The van der Waals surface area contributed by atoms with Crippen molar-refractivity contribution in [2.24, 2.45) is 0 Å². The van der Waals surface area contributed by atoms with Gasteiger partial charge in [0.15, 0.2) is 0 Å². The van der Waals surface area contributed by atoms with Crippen LogP contribution in [0.5, 0.6) is 11.5 Å². The lowest BCUT2D eigenvalue weighted by atomic mass is 9.93. The molecule has 1 rings (SSSR count). The Morgan fingerprint density at radius 1 is 1.00 bits per heavy atom. The standard InChI is InChI=1S/C19H28O4/c1-12(8-7-9-17(20)21)10-11-16-15(4)18(22-5)13(2)14(3)19(16)23-6/h8H,7,9-11H2,1-6H3,(H,20,21)/b12-8+. The van der Waals surface area contributed by atoms with Crippen molar-refractivity contribution in [1.29, 1.82) is 0 Å². The summed E-state index contributed by atoms with van der Waals surface area (Å²) in [4.78, 5) is 10.6. The fourth-order valence-corrected chi connectivity index (χ4v) is 2.91. The van der Waals surface area contributed by atoms with E-state index in [1.807, 2.05) is 19.9 Å². The number of rotatable bonds is 8. The van der Waals surface area contributed by atoms with Crippen molar-refractivity contribution in [3.63, 3.8) is 0 Å². The Labute approximate surface area is 139 Å². The molecule has 0 spiro atoms. The molecule has 4 heteroatoms. The molecule has 1 aromatic rings. The van der Waals surface area contributed by atoms with Crippen LogP contribution in [0, 0.1) is 20.8 Å². The van der Waals surface area contributed by atoms with Gasteiger partial charge in [0, 0.05) is 12.0 Å². The first-order valence-electron chi connectivity index (χ1n) is 7.91. The molecule has 0 radical (unpaired) electrons. The second-order valence-electron chi connectivity index (χ2n) is 5.90. The lowest BCUT2D eigenvalue weighted by Gasteiger charge is -2.20. The average Bonchev–Trinajstić information content (AvgIpc) is 2.49. The van der Waals surface area contributed by atoms with Gasteiger partial charge in [-0.05, 0) is 63.6 Å². The van der Waals surface area contributed by atoms with Gasteiger partial charge in [0.05, 0.1) is 14.2 Å². The van der Waals surface area contributed by atoms with E-state index in [4.69, 9.17) is 14.6 Å². The number of allylic oxidation sites excluding steroid dienone is 2. The number of aliphatic carboxylic acids is 1. The minimum atomic E-state index is -0.759. The quantitative estimate of drug-likeness (QED) is 0.723. The summed E-state index contributed by atoms with van der Waals surface area (Å²) in [6.45, 7) is 8.20. The number of carboxylic acid groups (broad SMARTS) is 1. The third-order valence-corrected chi connectivity index (χ3v) is 4.34. The van der Waals surface area contributed by atoms with Gasteiger partial charge < -0.3 is 14.6 Å². The fourth-order valence-electron chi connectivity index (χ4n) is 2.91. The lowest BCUT2D eigenvalue weighted by molar-refractivity contribution is -0.136. The van der Waals surface area contributed by atoms with E-state index >= 15 is 0 Å². The van der Waals surface area contributed by atoms with Crippen LogP contribution in [-0.4, -0.2) is 25.3 Å². The molecule has 0 unspecified atom stereocenters. The highest BCUT2D eigenvalue weighted by Gasteiger charge is 2.18. The summed E-state index contributed by atoms with van der Waals surface area (Å²) >= 11 is 0. The Morgan fingerprint density at radius 3 is 2.09 bits per heavy atom. The van der Waals surface area contributed by atoms with Crippen LogP contribution in [0.1, 0.15) is 48.4 Å². The van der Waals surface area contributed by atoms with Crippen molar-refractivity contribution < 1.29 is 19.4 Å². The van der Waals surface area contributed by atoms with Crippen LogP contribution in [0.15, 0.2) is 11.6 Å². The number of carboxylic acids is 1. The van der Waals surface area contributed by atoms with E-state index < -0.39 is 5.97 Å². The second kappa shape index (κ2) is 8.61. The van der Waals surface area contributed by atoms with Crippen molar-refractivity contribution in [3.8, 4) is 11.5 Å². The Bertz CT molecular complexity index is 600. The van der Waals surface area contributed by atoms with Crippen LogP contribution >= 0.6 is 0 Å². The number of hydrogen-bond acceptors (Lipinski definition) is 3. The zero-order valence-corrected chi connectivity index (χ0v) is 15.1. The number of methoxy groups -OCH3 is 2. The fraction of sp³-hybridized carbons (Fsp3) is 0.526. The largest absolute Gasteiger partial charge is 0.496 e. The zero-order chi connectivity index (χ0) is 17.6. The lowest BCUT2D eigenvalue weighted by Crippen LogP contribution is -2.04. The average molecular weight is 320 g/mol. The molecule has 1 aromatic carbocycles. The SMILES string of the molecule is COc1c(C)c(C)c(OC)c(CC/C(C)=C/CCC(=O)O)c1C. The first kappa shape index (κ1) is 19.1. The molecular weight excluding hydrogens is 292 g/mol. The molecule has 128 valence electrons. The van der Waals surface area contributed by atoms with Gasteiger partial charge in [-0.1, -0.05) is 11.6 Å². The van der Waals surface area contributed by atoms with Gasteiger partial charge in [-0.25, -0.2) is 0 Å². The van der Waals surface area contributed by atoms with E-state index in [1.165, 1.54) is 11.1 Å². The maximum atomic E-state index is 10.6. The van der Waals surface area contributed by atoms with Gasteiger partial charge in [-0.2, -0.15) is 0 Å². The molecule has 0 heterocycles. The van der Waals surface area contributed by atoms with Crippen molar-refractivity contribution in [2.75, 3.05) is 14.2 Å². The third-order valence-electron chi connectivity index (χ3n) is 4.34. The maximum absolute atomic E-state index is 10.6. The van der Waals surface area contributed by atoms with Gasteiger partial charge in [0.2, 0.25) is 0 Å². The van der Waals surface area contributed by atoms with E-state index in [0.717, 1.165) is 41.0 Å². The molecule has 0 saturated carbocycles. The minimum Gasteiger partial charge on any atom is -0.496 e. The van der Waals surface area contributed by atoms with Crippen molar-refractivity contribution in [3.05, 3.63) is 33.9 Å². The van der Waals surface area contributed by atoms with Crippen LogP contribution in [0.2, 0.25) is 0 Å². The minimum absolute atomic E-state index is 0.178. The van der Waals surface area contributed by atoms with E-state index in [0.29, 0.717) is 6.42 Å². The predicted octanol–water partition coefficient (Wildman–Crippen LogP) is 4.37. The molecule has 0 aliphatic carbocycles. The molecule has 4 nitrogen and oxygen atoms in total. The van der Waals surface area contributed by atoms with E-state index in [-0.39, 0.29) is 6.42 Å². The topological polar surface area (TPSA) is 55.8 Å². The molecule has 0 bridgehead atoms. The number of carbonyl (C=O) groups is 1. The molecule has 1 N–H and O–H groups in total.